The van der Waals surface area contributed by atoms with Crippen LogP contribution in [0.25, 0.3) is 0 Å². The topological polar surface area (TPSA) is 15.3 Å². The highest BCUT2D eigenvalue weighted by atomic mass is 15.2. The maximum atomic E-state index is 3.31. The van der Waals surface area contributed by atoms with Crippen molar-refractivity contribution in [2.75, 3.05) is 20.1 Å². The van der Waals surface area contributed by atoms with E-state index in [0.29, 0.717) is 6.04 Å². The van der Waals surface area contributed by atoms with E-state index < -0.39 is 0 Å². The maximum Gasteiger partial charge on any atom is 0.00964 e. The summed E-state index contributed by atoms with van der Waals surface area (Å²) < 4.78 is 0. The molecule has 0 amide bonds. The maximum absolute atomic E-state index is 3.31. The van der Waals surface area contributed by atoms with Gasteiger partial charge >= 0.3 is 0 Å². The van der Waals surface area contributed by atoms with Gasteiger partial charge in [0.05, 0.1) is 0 Å². The van der Waals surface area contributed by atoms with Gasteiger partial charge in [0, 0.05) is 12.1 Å². The molecule has 14 heavy (non-hydrogen) atoms. The lowest BCUT2D eigenvalue weighted by Crippen LogP contribution is -2.33. The first-order chi connectivity index (χ1) is 6.77. The van der Waals surface area contributed by atoms with Gasteiger partial charge in [-0.05, 0) is 52.7 Å². The fourth-order valence-electron chi connectivity index (χ4n) is 1.78. The summed E-state index contributed by atoms with van der Waals surface area (Å²) in [5.74, 6) is 0. The third-order valence-corrected chi connectivity index (χ3v) is 3.20. The van der Waals surface area contributed by atoms with Crippen molar-refractivity contribution in [1.29, 1.82) is 0 Å². The van der Waals surface area contributed by atoms with E-state index in [4.69, 9.17) is 0 Å². The molecule has 1 aliphatic rings. The Hall–Kier alpha value is -0.0800. The van der Waals surface area contributed by atoms with E-state index in [0.717, 1.165) is 6.04 Å². The van der Waals surface area contributed by atoms with Gasteiger partial charge in [-0.1, -0.05) is 13.3 Å². The van der Waals surface area contributed by atoms with Gasteiger partial charge < -0.3 is 10.2 Å². The SMILES string of the molecule is CCCCN(CCC(C)NC)C1CC1. The van der Waals surface area contributed by atoms with Gasteiger partial charge in [-0.2, -0.15) is 0 Å². The number of hydrogen-bond acceptors (Lipinski definition) is 2. The van der Waals surface area contributed by atoms with Crippen molar-refractivity contribution in [3.63, 3.8) is 0 Å². The van der Waals surface area contributed by atoms with Gasteiger partial charge in [-0.25, -0.2) is 0 Å². The lowest BCUT2D eigenvalue weighted by Gasteiger charge is -2.23. The Kier molecular flexibility index (Phi) is 5.49. The van der Waals surface area contributed by atoms with Crippen molar-refractivity contribution < 1.29 is 0 Å². The molecule has 0 saturated heterocycles. The van der Waals surface area contributed by atoms with Gasteiger partial charge in [0.1, 0.15) is 0 Å². The summed E-state index contributed by atoms with van der Waals surface area (Å²) in [6.07, 6.45) is 6.86. The molecule has 1 saturated carbocycles. The zero-order valence-electron chi connectivity index (χ0n) is 10.1. The quantitative estimate of drug-likeness (QED) is 0.643. The second kappa shape index (κ2) is 6.41. The molecule has 0 bridgehead atoms. The molecule has 1 unspecified atom stereocenters. The van der Waals surface area contributed by atoms with Gasteiger partial charge in [-0.15, -0.1) is 0 Å². The summed E-state index contributed by atoms with van der Waals surface area (Å²) in [5.41, 5.74) is 0. The summed E-state index contributed by atoms with van der Waals surface area (Å²) in [5, 5.41) is 3.31. The van der Waals surface area contributed by atoms with Crippen LogP contribution in [0.2, 0.25) is 0 Å². The molecule has 84 valence electrons. The first-order valence-corrected chi connectivity index (χ1v) is 6.19. The van der Waals surface area contributed by atoms with Crippen LogP contribution in [0.3, 0.4) is 0 Å². The van der Waals surface area contributed by atoms with E-state index in [1.165, 1.54) is 45.2 Å². The van der Waals surface area contributed by atoms with Crippen molar-refractivity contribution in [3.05, 3.63) is 0 Å². The largest absolute Gasteiger partial charge is 0.317 e. The molecule has 1 atom stereocenters. The van der Waals surface area contributed by atoms with Crippen molar-refractivity contribution in [2.24, 2.45) is 0 Å². The fraction of sp³-hybridized carbons (Fsp3) is 1.00. The van der Waals surface area contributed by atoms with Crippen LogP contribution in [0.15, 0.2) is 0 Å². The zero-order chi connectivity index (χ0) is 10.4. The minimum Gasteiger partial charge on any atom is -0.317 e. The molecule has 0 aromatic carbocycles. The lowest BCUT2D eigenvalue weighted by molar-refractivity contribution is 0.247. The molecule has 0 aliphatic heterocycles. The molecule has 1 fully saturated rings. The minimum absolute atomic E-state index is 0.665. The lowest BCUT2D eigenvalue weighted by atomic mass is 10.2. The normalized spacial score (nSPS) is 18.9. The van der Waals surface area contributed by atoms with E-state index in [9.17, 15) is 0 Å². The molecule has 0 aromatic rings. The minimum atomic E-state index is 0.665. The van der Waals surface area contributed by atoms with Crippen LogP contribution in [0.1, 0.15) is 46.0 Å². The van der Waals surface area contributed by atoms with Crippen LogP contribution in [-0.4, -0.2) is 37.1 Å². The molecule has 2 heteroatoms. The molecule has 0 heterocycles. The average Bonchev–Trinajstić information content (AvgIpc) is 3.01. The Morgan fingerprint density at radius 3 is 2.57 bits per heavy atom. The van der Waals surface area contributed by atoms with Gasteiger partial charge in [0.2, 0.25) is 0 Å². The highest BCUT2D eigenvalue weighted by Gasteiger charge is 2.28. The molecular formula is C12H26N2. The van der Waals surface area contributed by atoms with Crippen molar-refractivity contribution >= 4 is 0 Å². The Morgan fingerprint density at radius 2 is 2.07 bits per heavy atom. The third kappa shape index (κ3) is 4.43. The summed E-state index contributed by atoms with van der Waals surface area (Å²) >= 11 is 0. The second-order valence-corrected chi connectivity index (χ2v) is 4.60. The second-order valence-electron chi connectivity index (χ2n) is 4.60. The predicted molar refractivity (Wildman–Crippen MR) is 62.6 cm³/mol. The standard InChI is InChI=1S/C12H26N2/c1-4-5-9-14(12-6-7-12)10-8-11(2)13-3/h11-13H,4-10H2,1-3H3. The summed E-state index contributed by atoms with van der Waals surface area (Å²) in [6.45, 7) is 7.15. The summed E-state index contributed by atoms with van der Waals surface area (Å²) in [4.78, 5) is 2.69. The molecular weight excluding hydrogens is 172 g/mol. The molecule has 1 aliphatic carbocycles. The smallest absolute Gasteiger partial charge is 0.00964 e. The van der Waals surface area contributed by atoms with Crippen LogP contribution < -0.4 is 5.32 Å². The van der Waals surface area contributed by atoms with Crippen molar-refractivity contribution in [2.45, 2.75) is 58.0 Å². The first kappa shape index (κ1) is 12.0. The number of nitrogens with one attached hydrogen (secondary N) is 1. The fourth-order valence-corrected chi connectivity index (χ4v) is 1.78. The number of nitrogens with zero attached hydrogens (tertiary/aromatic N) is 1. The molecule has 0 spiro atoms. The van der Waals surface area contributed by atoms with Crippen molar-refractivity contribution in [1.82, 2.24) is 10.2 Å². The van der Waals surface area contributed by atoms with E-state index in [1.807, 2.05) is 0 Å². The summed E-state index contributed by atoms with van der Waals surface area (Å²) in [7, 11) is 2.05. The highest BCUT2D eigenvalue weighted by molar-refractivity contribution is 4.84. The van der Waals surface area contributed by atoms with E-state index in [1.54, 1.807) is 0 Å². The van der Waals surface area contributed by atoms with E-state index in [2.05, 4.69) is 31.1 Å². The zero-order valence-corrected chi connectivity index (χ0v) is 10.1. The van der Waals surface area contributed by atoms with Gasteiger partial charge in [0.15, 0.2) is 0 Å². The van der Waals surface area contributed by atoms with Crippen molar-refractivity contribution in [3.8, 4) is 0 Å². The van der Waals surface area contributed by atoms with E-state index >= 15 is 0 Å². The van der Waals surface area contributed by atoms with Crippen LogP contribution in [0, 0.1) is 0 Å². The third-order valence-electron chi connectivity index (χ3n) is 3.20. The van der Waals surface area contributed by atoms with Crippen LogP contribution >= 0.6 is 0 Å². The molecule has 0 radical (unpaired) electrons. The number of hydrogen-bond donors (Lipinski definition) is 1. The Bertz CT molecular complexity index is 143. The predicted octanol–water partition coefficient (Wildman–Crippen LogP) is 2.25. The Morgan fingerprint density at radius 1 is 1.36 bits per heavy atom. The van der Waals surface area contributed by atoms with Crippen LogP contribution in [0.4, 0.5) is 0 Å². The summed E-state index contributed by atoms with van der Waals surface area (Å²) in [6, 6.07) is 1.60. The van der Waals surface area contributed by atoms with Crippen LogP contribution in [-0.2, 0) is 0 Å². The molecule has 2 nitrogen and oxygen atoms in total. The average molecular weight is 198 g/mol. The number of unbranched alkanes of at least 4 members (excludes halogenated alkanes) is 1. The Balaban J connectivity index is 2.14. The van der Waals surface area contributed by atoms with Gasteiger partial charge in [-0.3, -0.25) is 0 Å². The number of rotatable bonds is 8. The molecule has 0 aromatic heterocycles. The monoisotopic (exact) mass is 198 g/mol. The first-order valence-electron chi connectivity index (χ1n) is 6.19. The highest BCUT2D eigenvalue weighted by Crippen LogP contribution is 2.27. The van der Waals surface area contributed by atoms with E-state index in [-0.39, 0.29) is 0 Å². The molecule has 1 N–H and O–H groups in total. The van der Waals surface area contributed by atoms with Gasteiger partial charge in [0.25, 0.3) is 0 Å². The molecule has 1 rings (SSSR count). The van der Waals surface area contributed by atoms with Crippen LogP contribution in [0.5, 0.6) is 0 Å². The Labute approximate surface area is 89.1 Å².